The van der Waals surface area contributed by atoms with Gasteiger partial charge in [-0.1, -0.05) is 12.1 Å². The molecule has 0 aromatic heterocycles. The van der Waals surface area contributed by atoms with Crippen LogP contribution in [0.15, 0.2) is 18.2 Å². The van der Waals surface area contributed by atoms with Crippen LogP contribution in [-0.4, -0.2) is 27.0 Å². The number of sulfone groups is 1. The normalized spacial score (nSPS) is 13.3. The molecule has 18 heavy (non-hydrogen) atoms. The number of benzene rings is 1. The van der Waals surface area contributed by atoms with Gasteiger partial charge in [0.25, 0.3) is 0 Å². The first-order chi connectivity index (χ1) is 8.29. The Hall–Kier alpha value is -1.07. The summed E-state index contributed by atoms with van der Waals surface area (Å²) in [6, 6.07) is 5.82. The van der Waals surface area contributed by atoms with Crippen molar-refractivity contribution in [2.24, 2.45) is 5.73 Å². The van der Waals surface area contributed by atoms with Gasteiger partial charge in [0.05, 0.1) is 12.4 Å². The Kier molecular flexibility index (Phi) is 5.16. The maximum atomic E-state index is 11.0. The summed E-state index contributed by atoms with van der Waals surface area (Å²) in [7, 11) is -2.90. The molecule has 0 aliphatic carbocycles. The molecule has 1 aromatic rings. The Balaban J connectivity index is 2.53. The third-order valence-corrected chi connectivity index (χ3v) is 3.67. The van der Waals surface area contributed by atoms with E-state index in [1.165, 1.54) is 6.26 Å². The predicted molar refractivity (Wildman–Crippen MR) is 73.6 cm³/mol. The number of rotatable bonds is 6. The van der Waals surface area contributed by atoms with Crippen molar-refractivity contribution < 1.29 is 13.2 Å². The summed E-state index contributed by atoms with van der Waals surface area (Å²) >= 11 is 0. The first-order valence-electron chi connectivity index (χ1n) is 5.96. The molecule has 0 amide bonds. The van der Waals surface area contributed by atoms with E-state index in [1.807, 2.05) is 32.0 Å². The van der Waals surface area contributed by atoms with Gasteiger partial charge < -0.3 is 10.5 Å². The fraction of sp³-hybridized carbons (Fsp3) is 0.538. The Morgan fingerprint density at radius 2 is 2.06 bits per heavy atom. The summed E-state index contributed by atoms with van der Waals surface area (Å²) in [4.78, 5) is 0. The van der Waals surface area contributed by atoms with Crippen LogP contribution in [0.1, 0.15) is 30.5 Å². The highest BCUT2D eigenvalue weighted by Crippen LogP contribution is 2.21. The van der Waals surface area contributed by atoms with E-state index in [4.69, 9.17) is 10.5 Å². The van der Waals surface area contributed by atoms with Crippen molar-refractivity contribution >= 4 is 9.84 Å². The molecule has 1 atom stereocenters. The molecule has 0 aliphatic heterocycles. The van der Waals surface area contributed by atoms with Crippen LogP contribution < -0.4 is 10.5 Å². The third-order valence-electron chi connectivity index (χ3n) is 2.64. The Bertz CT molecular complexity index is 495. The van der Waals surface area contributed by atoms with E-state index >= 15 is 0 Å². The zero-order valence-electron chi connectivity index (χ0n) is 11.1. The van der Waals surface area contributed by atoms with Gasteiger partial charge in [0.1, 0.15) is 15.6 Å². The van der Waals surface area contributed by atoms with E-state index in [-0.39, 0.29) is 11.8 Å². The van der Waals surface area contributed by atoms with Crippen molar-refractivity contribution in [3.05, 3.63) is 29.3 Å². The van der Waals surface area contributed by atoms with Crippen molar-refractivity contribution in [3.63, 3.8) is 0 Å². The van der Waals surface area contributed by atoms with E-state index in [2.05, 4.69) is 0 Å². The molecule has 1 aromatic carbocycles. The van der Waals surface area contributed by atoms with Crippen LogP contribution in [0.3, 0.4) is 0 Å². The highest BCUT2D eigenvalue weighted by molar-refractivity contribution is 7.90. The second-order valence-electron chi connectivity index (χ2n) is 4.65. The first-order valence-corrected chi connectivity index (χ1v) is 8.02. The molecular weight excluding hydrogens is 250 g/mol. The molecule has 0 aliphatic rings. The molecule has 0 saturated heterocycles. The summed E-state index contributed by atoms with van der Waals surface area (Å²) in [5.74, 6) is 0.942. The Labute approximate surface area is 109 Å². The lowest BCUT2D eigenvalue weighted by atomic mass is 10.1. The molecule has 0 spiro atoms. The fourth-order valence-corrected chi connectivity index (χ4v) is 2.26. The topological polar surface area (TPSA) is 69.4 Å². The first kappa shape index (κ1) is 15.0. The van der Waals surface area contributed by atoms with Crippen LogP contribution in [0.2, 0.25) is 0 Å². The lowest BCUT2D eigenvalue weighted by molar-refractivity contribution is 0.315. The zero-order chi connectivity index (χ0) is 13.8. The maximum absolute atomic E-state index is 11.0. The lowest BCUT2D eigenvalue weighted by Gasteiger charge is -2.12. The second kappa shape index (κ2) is 6.20. The van der Waals surface area contributed by atoms with Crippen LogP contribution in [0.5, 0.6) is 5.75 Å². The molecule has 1 rings (SSSR count). The third kappa shape index (κ3) is 5.06. The molecule has 0 heterocycles. The number of aryl methyl sites for hydroxylation is 1. The van der Waals surface area contributed by atoms with Crippen LogP contribution in [0.4, 0.5) is 0 Å². The van der Waals surface area contributed by atoms with E-state index in [0.717, 1.165) is 16.9 Å². The molecule has 0 fully saturated rings. The van der Waals surface area contributed by atoms with Gasteiger partial charge in [-0.15, -0.1) is 0 Å². The number of hydrogen-bond donors (Lipinski definition) is 1. The molecule has 2 N–H and O–H groups in total. The highest BCUT2D eigenvalue weighted by Gasteiger charge is 2.05. The molecule has 0 saturated carbocycles. The molecule has 5 heteroatoms. The fourth-order valence-electron chi connectivity index (χ4n) is 1.62. The van der Waals surface area contributed by atoms with Gasteiger partial charge in [0, 0.05) is 12.3 Å². The number of ether oxygens (including phenoxy) is 1. The monoisotopic (exact) mass is 271 g/mol. The summed E-state index contributed by atoms with van der Waals surface area (Å²) in [6.45, 7) is 4.30. The van der Waals surface area contributed by atoms with Gasteiger partial charge >= 0.3 is 0 Å². The standard InChI is InChI=1S/C13H21NO3S/c1-10-9-12(11(2)14)5-6-13(10)17-7-4-8-18(3,15)16/h5-6,9,11H,4,7-8,14H2,1-3H3. The van der Waals surface area contributed by atoms with Gasteiger partial charge in [-0.3, -0.25) is 0 Å². The number of nitrogens with two attached hydrogens (primary N) is 1. The maximum Gasteiger partial charge on any atom is 0.147 e. The smallest absolute Gasteiger partial charge is 0.147 e. The molecule has 0 radical (unpaired) electrons. The SMILES string of the molecule is Cc1cc(C(C)N)ccc1OCCCS(C)(=O)=O. The highest BCUT2D eigenvalue weighted by atomic mass is 32.2. The predicted octanol–water partition coefficient (Wildman–Crippen LogP) is 1.83. The molecule has 1 unspecified atom stereocenters. The van der Waals surface area contributed by atoms with Crippen molar-refractivity contribution in [1.82, 2.24) is 0 Å². The molecule has 102 valence electrons. The summed E-state index contributed by atoms with van der Waals surface area (Å²) < 4.78 is 27.5. The molecular formula is C13H21NO3S. The quantitative estimate of drug-likeness (QED) is 0.801. The average molecular weight is 271 g/mol. The van der Waals surface area contributed by atoms with Gasteiger partial charge in [-0.2, -0.15) is 0 Å². The van der Waals surface area contributed by atoms with Crippen LogP contribution >= 0.6 is 0 Å². The Morgan fingerprint density at radius 3 is 2.56 bits per heavy atom. The van der Waals surface area contributed by atoms with Crippen LogP contribution in [0, 0.1) is 6.92 Å². The van der Waals surface area contributed by atoms with E-state index in [1.54, 1.807) is 0 Å². The van der Waals surface area contributed by atoms with E-state index in [9.17, 15) is 8.42 Å². The van der Waals surface area contributed by atoms with Crippen molar-refractivity contribution in [1.29, 1.82) is 0 Å². The van der Waals surface area contributed by atoms with Crippen molar-refractivity contribution in [2.45, 2.75) is 26.3 Å². The van der Waals surface area contributed by atoms with Gasteiger partial charge in [-0.05, 0) is 37.5 Å². The van der Waals surface area contributed by atoms with Gasteiger partial charge in [-0.25, -0.2) is 8.42 Å². The summed E-state index contributed by atoms with van der Waals surface area (Å²) in [6.07, 6.45) is 1.74. The van der Waals surface area contributed by atoms with Crippen molar-refractivity contribution in [3.8, 4) is 5.75 Å². The van der Waals surface area contributed by atoms with Gasteiger partial charge in [0.2, 0.25) is 0 Å². The van der Waals surface area contributed by atoms with E-state index < -0.39 is 9.84 Å². The van der Waals surface area contributed by atoms with Crippen LogP contribution in [-0.2, 0) is 9.84 Å². The minimum Gasteiger partial charge on any atom is -0.493 e. The minimum absolute atomic E-state index is 0.00276. The molecule has 4 nitrogen and oxygen atoms in total. The zero-order valence-corrected chi connectivity index (χ0v) is 12.0. The van der Waals surface area contributed by atoms with Crippen molar-refractivity contribution in [2.75, 3.05) is 18.6 Å². The van der Waals surface area contributed by atoms with Gasteiger partial charge in [0.15, 0.2) is 0 Å². The second-order valence-corrected chi connectivity index (χ2v) is 6.91. The molecule has 0 bridgehead atoms. The van der Waals surface area contributed by atoms with E-state index in [0.29, 0.717) is 13.0 Å². The van der Waals surface area contributed by atoms with Crippen LogP contribution in [0.25, 0.3) is 0 Å². The summed E-state index contributed by atoms with van der Waals surface area (Å²) in [5.41, 5.74) is 7.88. The number of hydrogen-bond acceptors (Lipinski definition) is 4. The Morgan fingerprint density at radius 1 is 1.39 bits per heavy atom. The summed E-state index contributed by atoms with van der Waals surface area (Å²) in [5, 5.41) is 0. The average Bonchev–Trinajstić information content (AvgIpc) is 2.24. The largest absolute Gasteiger partial charge is 0.493 e. The lowest BCUT2D eigenvalue weighted by Crippen LogP contribution is -2.09. The minimum atomic E-state index is -2.90.